The molecule has 1 unspecified atom stereocenters. The first-order valence-electron chi connectivity index (χ1n) is 7.94. The Kier molecular flexibility index (Phi) is 9.53. The quantitative estimate of drug-likeness (QED) is 0.386. The normalized spacial score (nSPS) is 14.1. The molecular formula is C18H32O2S. The molecule has 0 saturated heterocycles. The molecule has 2 nitrogen and oxygen atoms in total. The van der Waals surface area contributed by atoms with Gasteiger partial charge in [-0.1, -0.05) is 58.8 Å². The van der Waals surface area contributed by atoms with E-state index in [-0.39, 0.29) is 11.9 Å². The third-order valence-corrected chi connectivity index (χ3v) is 8.50. The van der Waals surface area contributed by atoms with Gasteiger partial charge in [0.05, 0.1) is 6.61 Å². The van der Waals surface area contributed by atoms with Gasteiger partial charge < -0.3 is 4.74 Å². The average Bonchev–Trinajstić information content (AvgIpc) is 2.39. The van der Waals surface area contributed by atoms with Gasteiger partial charge in [0.15, 0.2) is 0 Å². The summed E-state index contributed by atoms with van der Waals surface area (Å²) in [4.78, 5) is 11.2. The van der Waals surface area contributed by atoms with Crippen molar-refractivity contribution in [2.45, 2.75) is 65.4 Å². The van der Waals surface area contributed by atoms with E-state index in [0.717, 1.165) is 12.2 Å². The number of rotatable bonds is 7. The van der Waals surface area contributed by atoms with Crippen LogP contribution in [0.1, 0.15) is 54.9 Å². The molecule has 0 fully saturated rings. The molecule has 122 valence electrons. The third-order valence-electron chi connectivity index (χ3n) is 3.69. The third kappa shape index (κ3) is 6.61. The molecule has 0 aliphatic carbocycles. The molecule has 0 bridgehead atoms. The molecule has 3 heteroatoms. The minimum absolute atomic E-state index is 0.268. The molecule has 0 radical (unpaired) electrons. The van der Waals surface area contributed by atoms with Crippen molar-refractivity contribution in [2.24, 2.45) is 5.92 Å². The Hall–Kier alpha value is -0.880. The van der Waals surface area contributed by atoms with Crippen LogP contribution >= 0.6 is 10.0 Å². The zero-order valence-electron chi connectivity index (χ0n) is 14.7. The predicted molar refractivity (Wildman–Crippen MR) is 95.7 cm³/mol. The predicted octanol–water partition coefficient (Wildman–Crippen LogP) is 4.73. The summed E-state index contributed by atoms with van der Waals surface area (Å²) in [6.07, 6.45) is 4.17. The van der Waals surface area contributed by atoms with Crippen molar-refractivity contribution in [3.05, 3.63) is 12.2 Å². The van der Waals surface area contributed by atoms with Crippen molar-refractivity contribution in [1.29, 1.82) is 0 Å². The smallest absolute Gasteiger partial charge is 0.330 e. The highest BCUT2D eigenvalue weighted by molar-refractivity contribution is 8.38. The summed E-state index contributed by atoms with van der Waals surface area (Å²) in [5, 5.41) is 4.87. The molecule has 0 amide bonds. The van der Waals surface area contributed by atoms with Crippen molar-refractivity contribution in [3.63, 3.8) is 0 Å². The molecule has 0 spiro atoms. The first-order chi connectivity index (χ1) is 9.80. The molecular weight excluding hydrogens is 280 g/mol. The van der Waals surface area contributed by atoms with E-state index in [1.807, 2.05) is 13.0 Å². The maximum atomic E-state index is 11.2. The number of carbonyl (C=O) groups is 1. The van der Waals surface area contributed by atoms with Crippen LogP contribution in [0.2, 0.25) is 0 Å². The molecule has 0 aromatic carbocycles. The molecule has 0 aliphatic heterocycles. The van der Waals surface area contributed by atoms with Crippen LogP contribution in [0.4, 0.5) is 0 Å². The van der Waals surface area contributed by atoms with Gasteiger partial charge in [-0.25, -0.2) is 4.79 Å². The molecule has 1 atom stereocenters. The Labute approximate surface area is 133 Å². The highest BCUT2D eigenvalue weighted by Gasteiger charge is 2.27. The standard InChI is InChI=1S/C18H32O2S/c1-8-20-18(19)12-10-11-17(7)13-14-21(9-2,15(3)4)16(5)6/h10,12,15-17H,8-9,11H2,1-7H3/b12-10+. The lowest BCUT2D eigenvalue weighted by atomic mass is 10.1. The van der Waals surface area contributed by atoms with E-state index in [4.69, 9.17) is 4.74 Å². The number of hydrogen-bond acceptors (Lipinski definition) is 2. The number of hydrogen-bond donors (Lipinski definition) is 0. The molecule has 0 aromatic heterocycles. The minimum atomic E-state index is -0.890. The second-order valence-electron chi connectivity index (χ2n) is 5.77. The summed E-state index contributed by atoms with van der Waals surface area (Å²) in [6, 6.07) is 0. The van der Waals surface area contributed by atoms with Crippen LogP contribution in [-0.2, 0) is 9.53 Å². The molecule has 0 N–H and O–H groups in total. The highest BCUT2D eigenvalue weighted by Crippen LogP contribution is 2.55. The first-order valence-corrected chi connectivity index (χ1v) is 9.87. The first kappa shape index (κ1) is 20.1. The fraction of sp³-hybridized carbons (Fsp3) is 0.722. The van der Waals surface area contributed by atoms with E-state index in [0.29, 0.717) is 17.1 Å². The van der Waals surface area contributed by atoms with Gasteiger partial charge in [0, 0.05) is 12.0 Å². The van der Waals surface area contributed by atoms with Gasteiger partial charge in [-0.3, -0.25) is 0 Å². The van der Waals surface area contributed by atoms with Crippen molar-refractivity contribution < 1.29 is 9.53 Å². The number of carbonyl (C=O) groups excluding carboxylic acids is 1. The van der Waals surface area contributed by atoms with E-state index in [9.17, 15) is 4.79 Å². The van der Waals surface area contributed by atoms with Crippen LogP contribution in [0.25, 0.3) is 0 Å². The van der Waals surface area contributed by atoms with Crippen LogP contribution < -0.4 is 0 Å². The summed E-state index contributed by atoms with van der Waals surface area (Å²) in [5.41, 5.74) is 0. The SMILES string of the molecule is CCOC(=O)/C=C/CC(C)C#CS(CC)(C(C)C)C(C)C. The van der Waals surface area contributed by atoms with Crippen molar-refractivity contribution in [3.8, 4) is 11.2 Å². The Morgan fingerprint density at radius 3 is 2.14 bits per heavy atom. The topological polar surface area (TPSA) is 26.3 Å². The van der Waals surface area contributed by atoms with Crippen LogP contribution in [0, 0.1) is 17.1 Å². The van der Waals surface area contributed by atoms with E-state index in [1.165, 1.54) is 6.08 Å². The largest absolute Gasteiger partial charge is 0.463 e. The monoisotopic (exact) mass is 312 g/mol. The van der Waals surface area contributed by atoms with Gasteiger partial charge in [-0.15, -0.1) is 0 Å². The van der Waals surface area contributed by atoms with Crippen molar-refractivity contribution >= 4 is 16.0 Å². The van der Waals surface area contributed by atoms with E-state index in [1.54, 1.807) is 0 Å². The zero-order chi connectivity index (χ0) is 16.5. The molecule has 0 saturated carbocycles. The Morgan fingerprint density at radius 1 is 1.14 bits per heavy atom. The van der Waals surface area contributed by atoms with Crippen LogP contribution in [0.5, 0.6) is 0 Å². The second kappa shape index (κ2) is 9.95. The van der Waals surface area contributed by atoms with Gasteiger partial charge in [0.2, 0.25) is 0 Å². The van der Waals surface area contributed by atoms with Gasteiger partial charge in [-0.2, -0.15) is 10.0 Å². The summed E-state index contributed by atoms with van der Waals surface area (Å²) in [6.45, 7) is 15.8. The van der Waals surface area contributed by atoms with Crippen molar-refractivity contribution in [2.75, 3.05) is 12.4 Å². The molecule has 21 heavy (non-hydrogen) atoms. The van der Waals surface area contributed by atoms with Gasteiger partial charge in [0.25, 0.3) is 0 Å². The fourth-order valence-electron chi connectivity index (χ4n) is 2.35. The maximum absolute atomic E-state index is 11.2. The minimum Gasteiger partial charge on any atom is -0.463 e. The zero-order valence-corrected chi connectivity index (χ0v) is 15.5. The molecule has 0 aromatic rings. The number of esters is 1. The molecule has 0 heterocycles. The summed E-state index contributed by atoms with van der Waals surface area (Å²) >= 11 is 0. The Bertz CT molecular complexity index is 391. The lowest BCUT2D eigenvalue weighted by Crippen LogP contribution is -2.21. The Morgan fingerprint density at radius 2 is 1.71 bits per heavy atom. The van der Waals surface area contributed by atoms with Gasteiger partial charge in [-0.05, 0) is 29.6 Å². The van der Waals surface area contributed by atoms with Crippen molar-refractivity contribution in [1.82, 2.24) is 0 Å². The van der Waals surface area contributed by atoms with Crippen LogP contribution in [-0.4, -0.2) is 28.8 Å². The Balaban J connectivity index is 4.76. The highest BCUT2D eigenvalue weighted by atomic mass is 32.3. The average molecular weight is 313 g/mol. The summed E-state index contributed by atoms with van der Waals surface area (Å²) < 4.78 is 4.86. The second-order valence-corrected chi connectivity index (χ2v) is 10.1. The van der Waals surface area contributed by atoms with Gasteiger partial charge in [0.1, 0.15) is 0 Å². The number of allylic oxidation sites excluding steroid dienone is 1. The van der Waals surface area contributed by atoms with Gasteiger partial charge >= 0.3 is 5.97 Å². The lowest BCUT2D eigenvalue weighted by Gasteiger charge is -2.42. The molecule has 0 rings (SSSR count). The molecule has 0 aliphatic rings. The van der Waals surface area contributed by atoms with E-state index < -0.39 is 10.0 Å². The summed E-state index contributed by atoms with van der Waals surface area (Å²) in [7, 11) is -0.890. The number of ether oxygens (including phenoxy) is 1. The lowest BCUT2D eigenvalue weighted by molar-refractivity contribution is -0.137. The fourth-order valence-corrected chi connectivity index (χ4v) is 5.81. The van der Waals surface area contributed by atoms with E-state index in [2.05, 4.69) is 52.7 Å². The van der Waals surface area contributed by atoms with Crippen LogP contribution in [0.15, 0.2) is 12.2 Å². The van der Waals surface area contributed by atoms with E-state index >= 15 is 0 Å². The maximum Gasteiger partial charge on any atom is 0.330 e. The summed E-state index contributed by atoms with van der Waals surface area (Å²) in [5.74, 6) is 4.58. The van der Waals surface area contributed by atoms with Crippen LogP contribution in [0.3, 0.4) is 0 Å².